The number of hydrogen-bond acceptors (Lipinski definition) is 4. The standard InChI is InChI=1S/C17H29N5OS/c1-18-17(21-10-13-22-11-3-2-4-12-22)20-9-6-8-19-16(23)15-7-5-14-24-15/h5,7,14H,2-4,6,8-13H2,1H3,(H,19,23)(H2,18,20,21). The van der Waals surface area contributed by atoms with E-state index in [9.17, 15) is 4.79 Å². The van der Waals surface area contributed by atoms with E-state index in [1.54, 1.807) is 7.05 Å². The highest BCUT2D eigenvalue weighted by Gasteiger charge is 2.09. The lowest BCUT2D eigenvalue weighted by Crippen LogP contribution is -2.43. The van der Waals surface area contributed by atoms with Gasteiger partial charge >= 0.3 is 0 Å². The van der Waals surface area contributed by atoms with Crippen LogP contribution in [-0.2, 0) is 0 Å². The third kappa shape index (κ3) is 6.88. The molecule has 1 aromatic rings. The van der Waals surface area contributed by atoms with Gasteiger partial charge in [-0.3, -0.25) is 9.79 Å². The van der Waals surface area contributed by atoms with Crippen molar-refractivity contribution in [2.45, 2.75) is 25.7 Å². The Balaban J connectivity index is 1.51. The maximum atomic E-state index is 11.8. The van der Waals surface area contributed by atoms with Crippen LogP contribution in [0.3, 0.4) is 0 Å². The molecule has 1 aliphatic heterocycles. The van der Waals surface area contributed by atoms with Gasteiger partial charge in [-0.25, -0.2) is 0 Å². The molecule has 24 heavy (non-hydrogen) atoms. The quantitative estimate of drug-likeness (QED) is 0.377. The Labute approximate surface area is 148 Å². The number of carbonyl (C=O) groups excluding carboxylic acids is 1. The molecule has 1 fully saturated rings. The van der Waals surface area contributed by atoms with Crippen molar-refractivity contribution in [1.29, 1.82) is 0 Å². The first-order chi connectivity index (χ1) is 11.8. The molecule has 1 aliphatic rings. The molecule has 1 aromatic heterocycles. The predicted octanol–water partition coefficient (Wildman–Crippen LogP) is 1.52. The summed E-state index contributed by atoms with van der Waals surface area (Å²) in [4.78, 5) is 19.3. The van der Waals surface area contributed by atoms with Gasteiger partial charge in [-0.05, 0) is 43.8 Å². The van der Waals surface area contributed by atoms with Crippen molar-refractivity contribution in [2.75, 3.05) is 46.3 Å². The first-order valence-electron chi connectivity index (χ1n) is 8.78. The molecule has 0 bridgehead atoms. The molecule has 0 unspecified atom stereocenters. The minimum atomic E-state index is 0.00837. The minimum Gasteiger partial charge on any atom is -0.356 e. The average molecular weight is 352 g/mol. The Hall–Kier alpha value is -1.60. The molecular formula is C17H29N5OS. The van der Waals surface area contributed by atoms with Crippen LogP contribution >= 0.6 is 11.3 Å². The smallest absolute Gasteiger partial charge is 0.261 e. The van der Waals surface area contributed by atoms with E-state index < -0.39 is 0 Å². The van der Waals surface area contributed by atoms with Crippen molar-refractivity contribution in [2.24, 2.45) is 4.99 Å². The number of rotatable bonds is 8. The van der Waals surface area contributed by atoms with Gasteiger partial charge in [0.25, 0.3) is 5.91 Å². The van der Waals surface area contributed by atoms with E-state index in [2.05, 4.69) is 25.8 Å². The number of nitrogens with one attached hydrogen (secondary N) is 3. The van der Waals surface area contributed by atoms with Gasteiger partial charge in [0, 0.05) is 33.2 Å². The normalized spacial score (nSPS) is 16.0. The van der Waals surface area contributed by atoms with Gasteiger partial charge in [-0.2, -0.15) is 0 Å². The Kier molecular flexibility index (Phi) is 8.62. The first-order valence-corrected chi connectivity index (χ1v) is 9.66. The number of likely N-dealkylation sites (tertiary alicyclic amines) is 1. The van der Waals surface area contributed by atoms with Gasteiger partial charge < -0.3 is 20.9 Å². The zero-order valence-corrected chi connectivity index (χ0v) is 15.3. The molecule has 1 saturated heterocycles. The zero-order chi connectivity index (χ0) is 17.0. The zero-order valence-electron chi connectivity index (χ0n) is 14.5. The lowest BCUT2D eigenvalue weighted by molar-refractivity contribution is 0.0957. The molecule has 0 aromatic carbocycles. The number of hydrogen-bond donors (Lipinski definition) is 3. The van der Waals surface area contributed by atoms with E-state index in [1.165, 1.54) is 43.7 Å². The van der Waals surface area contributed by atoms with Gasteiger partial charge in [-0.15, -0.1) is 11.3 Å². The maximum absolute atomic E-state index is 11.8. The molecule has 2 rings (SSSR count). The fraction of sp³-hybridized carbons (Fsp3) is 0.647. The second-order valence-electron chi connectivity index (χ2n) is 5.91. The average Bonchev–Trinajstić information content (AvgIpc) is 3.15. The summed E-state index contributed by atoms with van der Waals surface area (Å²) in [6.45, 7) is 5.87. The molecular weight excluding hydrogens is 322 g/mol. The van der Waals surface area contributed by atoms with Gasteiger partial charge in [-0.1, -0.05) is 12.5 Å². The summed E-state index contributed by atoms with van der Waals surface area (Å²) in [5.41, 5.74) is 0. The number of guanidine groups is 1. The SMILES string of the molecule is CN=C(NCCCNC(=O)c1cccs1)NCCN1CCCCC1. The Morgan fingerprint density at radius 1 is 1.17 bits per heavy atom. The summed E-state index contributed by atoms with van der Waals surface area (Å²) >= 11 is 1.46. The summed E-state index contributed by atoms with van der Waals surface area (Å²) in [5.74, 6) is 0.839. The summed E-state index contributed by atoms with van der Waals surface area (Å²) in [7, 11) is 1.79. The monoisotopic (exact) mass is 351 g/mol. The van der Waals surface area contributed by atoms with Crippen LogP contribution in [0.2, 0.25) is 0 Å². The van der Waals surface area contributed by atoms with Crippen LogP contribution < -0.4 is 16.0 Å². The number of amides is 1. The van der Waals surface area contributed by atoms with Crippen LogP contribution in [0, 0.1) is 0 Å². The van der Waals surface area contributed by atoms with E-state index >= 15 is 0 Å². The highest BCUT2D eigenvalue weighted by Crippen LogP contribution is 2.08. The largest absolute Gasteiger partial charge is 0.356 e. The summed E-state index contributed by atoms with van der Waals surface area (Å²) in [6, 6.07) is 3.73. The van der Waals surface area contributed by atoms with Crippen molar-refractivity contribution >= 4 is 23.2 Å². The fourth-order valence-electron chi connectivity index (χ4n) is 2.73. The van der Waals surface area contributed by atoms with E-state index in [0.717, 1.165) is 36.9 Å². The Morgan fingerprint density at radius 2 is 1.92 bits per heavy atom. The van der Waals surface area contributed by atoms with Gasteiger partial charge in [0.05, 0.1) is 4.88 Å². The van der Waals surface area contributed by atoms with Gasteiger partial charge in [0.2, 0.25) is 0 Å². The van der Waals surface area contributed by atoms with Crippen LogP contribution in [0.5, 0.6) is 0 Å². The second kappa shape index (κ2) is 11.0. The van der Waals surface area contributed by atoms with E-state index in [-0.39, 0.29) is 5.91 Å². The van der Waals surface area contributed by atoms with Crippen molar-refractivity contribution in [1.82, 2.24) is 20.9 Å². The Bertz CT molecular complexity index is 497. The summed E-state index contributed by atoms with van der Waals surface area (Å²) < 4.78 is 0. The fourth-order valence-corrected chi connectivity index (χ4v) is 3.37. The van der Waals surface area contributed by atoms with Crippen molar-refractivity contribution in [3.8, 4) is 0 Å². The molecule has 0 spiro atoms. The molecule has 0 aliphatic carbocycles. The van der Waals surface area contributed by atoms with Crippen LogP contribution in [0.25, 0.3) is 0 Å². The lowest BCUT2D eigenvalue weighted by Gasteiger charge is -2.26. The summed E-state index contributed by atoms with van der Waals surface area (Å²) in [5, 5.41) is 11.5. The molecule has 1 amide bonds. The van der Waals surface area contributed by atoms with E-state index in [1.807, 2.05) is 17.5 Å². The molecule has 7 heteroatoms. The van der Waals surface area contributed by atoms with Crippen molar-refractivity contribution in [3.05, 3.63) is 22.4 Å². The molecule has 2 heterocycles. The number of thiophene rings is 1. The Morgan fingerprint density at radius 3 is 2.62 bits per heavy atom. The summed E-state index contributed by atoms with van der Waals surface area (Å²) in [6.07, 6.45) is 4.88. The molecule has 134 valence electrons. The highest BCUT2D eigenvalue weighted by atomic mass is 32.1. The van der Waals surface area contributed by atoms with E-state index in [0.29, 0.717) is 6.54 Å². The molecule has 6 nitrogen and oxygen atoms in total. The number of carbonyl (C=O) groups is 1. The minimum absolute atomic E-state index is 0.00837. The lowest BCUT2D eigenvalue weighted by atomic mass is 10.1. The maximum Gasteiger partial charge on any atom is 0.261 e. The van der Waals surface area contributed by atoms with Crippen LogP contribution in [0.15, 0.2) is 22.5 Å². The highest BCUT2D eigenvalue weighted by molar-refractivity contribution is 7.12. The van der Waals surface area contributed by atoms with Crippen LogP contribution in [0.1, 0.15) is 35.4 Å². The third-order valence-electron chi connectivity index (χ3n) is 4.07. The van der Waals surface area contributed by atoms with Gasteiger partial charge in [0.1, 0.15) is 0 Å². The third-order valence-corrected chi connectivity index (χ3v) is 4.94. The van der Waals surface area contributed by atoms with Crippen molar-refractivity contribution < 1.29 is 4.79 Å². The number of aliphatic imine (C=N–C) groups is 1. The number of nitrogens with zero attached hydrogens (tertiary/aromatic N) is 2. The van der Waals surface area contributed by atoms with E-state index in [4.69, 9.17) is 0 Å². The molecule has 0 saturated carbocycles. The molecule has 3 N–H and O–H groups in total. The van der Waals surface area contributed by atoms with Crippen LogP contribution in [-0.4, -0.2) is 63.1 Å². The van der Waals surface area contributed by atoms with Gasteiger partial charge in [0.15, 0.2) is 5.96 Å². The molecule has 0 atom stereocenters. The second-order valence-corrected chi connectivity index (χ2v) is 6.86. The predicted molar refractivity (Wildman–Crippen MR) is 101 cm³/mol. The molecule has 0 radical (unpaired) electrons. The first kappa shape index (κ1) is 18.7. The topological polar surface area (TPSA) is 68.8 Å². The van der Waals surface area contributed by atoms with Crippen LogP contribution in [0.4, 0.5) is 0 Å². The number of piperidine rings is 1. The van der Waals surface area contributed by atoms with Crippen molar-refractivity contribution in [3.63, 3.8) is 0 Å².